The van der Waals surface area contributed by atoms with Gasteiger partial charge in [0.15, 0.2) is 0 Å². The van der Waals surface area contributed by atoms with E-state index in [0.29, 0.717) is 12.1 Å². The fraction of sp³-hybridized carbons (Fsp3) is 0.417. The van der Waals surface area contributed by atoms with Crippen molar-refractivity contribution in [2.75, 3.05) is 19.6 Å². The highest BCUT2D eigenvalue weighted by molar-refractivity contribution is 5.89. The van der Waals surface area contributed by atoms with E-state index in [1.54, 1.807) is 0 Å². The van der Waals surface area contributed by atoms with Crippen LogP contribution < -0.4 is 5.56 Å². The number of aromatic nitrogens is 2. The largest absolute Gasteiger partial charge is 0.477 e. The van der Waals surface area contributed by atoms with Gasteiger partial charge in [0.2, 0.25) is 0 Å². The van der Waals surface area contributed by atoms with Crippen LogP contribution in [0.15, 0.2) is 35.1 Å². The number of carbonyl (C=O) groups is 1. The molecular formula is C24H29N3O3. The van der Waals surface area contributed by atoms with Crippen LogP contribution in [-0.2, 0) is 19.9 Å². The molecule has 0 atom stereocenters. The van der Waals surface area contributed by atoms with Crippen molar-refractivity contribution in [1.29, 1.82) is 0 Å². The van der Waals surface area contributed by atoms with Gasteiger partial charge in [-0.05, 0) is 67.7 Å². The molecule has 1 aliphatic heterocycles. The number of H-pyrrole nitrogens is 1. The summed E-state index contributed by atoms with van der Waals surface area (Å²) in [5.41, 5.74) is 4.12. The number of aromatic carboxylic acids is 1. The van der Waals surface area contributed by atoms with Crippen molar-refractivity contribution in [3.05, 3.63) is 57.5 Å². The topological polar surface area (TPSA) is 78.3 Å². The van der Waals surface area contributed by atoms with Gasteiger partial charge in [-0.25, -0.2) is 4.79 Å². The molecule has 6 heteroatoms. The Kier molecular flexibility index (Phi) is 5.77. The number of fused-ring (bicyclic) bond motifs is 1. The van der Waals surface area contributed by atoms with Crippen LogP contribution in [0, 0.1) is 0 Å². The summed E-state index contributed by atoms with van der Waals surface area (Å²) in [7, 11) is 2.11. The molecule has 3 heterocycles. The smallest absolute Gasteiger partial charge is 0.341 e. The van der Waals surface area contributed by atoms with Crippen LogP contribution in [0.1, 0.15) is 47.8 Å². The zero-order valence-corrected chi connectivity index (χ0v) is 17.7. The van der Waals surface area contributed by atoms with E-state index in [0.717, 1.165) is 35.0 Å². The number of nitrogens with one attached hydrogen (secondary N) is 1. The summed E-state index contributed by atoms with van der Waals surface area (Å²) in [6.07, 6.45) is 5.61. The number of piperidine rings is 1. The highest BCUT2D eigenvalue weighted by atomic mass is 16.4. The van der Waals surface area contributed by atoms with E-state index in [1.165, 1.54) is 44.1 Å². The van der Waals surface area contributed by atoms with Gasteiger partial charge in [0.05, 0.1) is 5.69 Å². The standard InChI is InChI=1S/C24H29N3O3/c1-3-16-15-20(24(29)30)23(28)25-22(16)17-7-8-21-18(13-17)14-19(26(21)2)9-12-27-10-5-4-6-11-27/h7-8,13-15H,3-6,9-12H2,1-2H3,(H,25,28)(H,29,30). The Bertz CT molecular complexity index is 1140. The number of pyridine rings is 1. The van der Waals surface area contributed by atoms with Crippen molar-refractivity contribution < 1.29 is 9.90 Å². The molecule has 1 aliphatic rings. The highest BCUT2D eigenvalue weighted by Crippen LogP contribution is 2.28. The average molecular weight is 408 g/mol. The lowest BCUT2D eigenvalue weighted by Gasteiger charge is -2.26. The van der Waals surface area contributed by atoms with E-state index in [-0.39, 0.29) is 5.56 Å². The zero-order chi connectivity index (χ0) is 21.3. The molecule has 30 heavy (non-hydrogen) atoms. The first-order valence-corrected chi connectivity index (χ1v) is 10.8. The van der Waals surface area contributed by atoms with Gasteiger partial charge in [-0.1, -0.05) is 19.4 Å². The molecular weight excluding hydrogens is 378 g/mol. The number of aromatic amines is 1. The molecule has 3 aromatic rings. The van der Waals surface area contributed by atoms with Crippen LogP contribution in [0.5, 0.6) is 0 Å². The van der Waals surface area contributed by atoms with E-state index < -0.39 is 11.5 Å². The predicted octanol–water partition coefficient (Wildman–Crippen LogP) is 3.82. The number of carboxylic acid groups (broad SMARTS) is 1. The Hall–Kier alpha value is -2.86. The number of carboxylic acids is 1. The summed E-state index contributed by atoms with van der Waals surface area (Å²) in [6.45, 7) is 5.45. The maximum absolute atomic E-state index is 12.2. The molecule has 1 aromatic carbocycles. The molecule has 6 nitrogen and oxygen atoms in total. The summed E-state index contributed by atoms with van der Waals surface area (Å²) in [5.74, 6) is -1.20. The number of benzene rings is 1. The first kappa shape index (κ1) is 20.4. The van der Waals surface area contributed by atoms with Gasteiger partial charge >= 0.3 is 5.97 Å². The summed E-state index contributed by atoms with van der Waals surface area (Å²) < 4.78 is 2.25. The quantitative estimate of drug-likeness (QED) is 0.651. The van der Waals surface area contributed by atoms with Crippen LogP contribution in [-0.4, -0.2) is 45.2 Å². The van der Waals surface area contributed by atoms with Crippen LogP contribution in [0.3, 0.4) is 0 Å². The number of hydrogen-bond acceptors (Lipinski definition) is 3. The minimum absolute atomic E-state index is 0.212. The van der Waals surface area contributed by atoms with Gasteiger partial charge in [0.1, 0.15) is 5.56 Å². The molecule has 0 spiro atoms. The van der Waals surface area contributed by atoms with Gasteiger partial charge in [0.25, 0.3) is 5.56 Å². The minimum Gasteiger partial charge on any atom is -0.477 e. The Morgan fingerprint density at radius 3 is 2.60 bits per heavy atom. The van der Waals surface area contributed by atoms with Crippen molar-refractivity contribution in [1.82, 2.24) is 14.5 Å². The molecule has 1 saturated heterocycles. The summed E-state index contributed by atoms with van der Waals surface area (Å²) in [6, 6.07) is 9.90. The molecule has 0 unspecified atom stereocenters. The summed E-state index contributed by atoms with van der Waals surface area (Å²) >= 11 is 0. The van der Waals surface area contributed by atoms with E-state index in [2.05, 4.69) is 39.7 Å². The van der Waals surface area contributed by atoms with Crippen LogP contribution in [0.25, 0.3) is 22.2 Å². The van der Waals surface area contributed by atoms with Crippen LogP contribution >= 0.6 is 0 Å². The molecule has 0 saturated carbocycles. The second-order valence-corrected chi connectivity index (χ2v) is 8.19. The zero-order valence-electron chi connectivity index (χ0n) is 17.7. The third-order valence-electron chi connectivity index (χ3n) is 6.30. The third-order valence-corrected chi connectivity index (χ3v) is 6.30. The maximum Gasteiger partial charge on any atom is 0.341 e. The van der Waals surface area contributed by atoms with Crippen molar-refractivity contribution in [2.45, 2.75) is 39.0 Å². The molecule has 0 aliphatic carbocycles. The Morgan fingerprint density at radius 2 is 1.90 bits per heavy atom. The number of rotatable bonds is 6. The van der Waals surface area contributed by atoms with E-state index >= 15 is 0 Å². The predicted molar refractivity (Wildman–Crippen MR) is 119 cm³/mol. The first-order valence-electron chi connectivity index (χ1n) is 10.8. The summed E-state index contributed by atoms with van der Waals surface area (Å²) in [5, 5.41) is 10.4. The average Bonchev–Trinajstić information content (AvgIpc) is 3.07. The molecule has 4 rings (SSSR count). The second-order valence-electron chi connectivity index (χ2n) is 8.19. The first-order chi connectivity index (χ1) is 14.5. The van der Waals surface area contributed by atoms with Gasteiger partial charge in [-0.15, -0.1) is 0 Å². The van der Waals surface area contributed by atoms with Crippen LogP contribution in [0.4, 0.5) is 0 Å². The Labute approximate surface area is 176 Å². The van der Waals surface area contributed by atoms with Crippen LogP contribution in [0.2, 0.25) is 0 Å². The summed E-state index contributed by atoms with van der Waals surface area (Å²) in [4.78, 5) is 28.9. The molecule has 1 fully saturated rings. The van der Waals surface area contributed by atoms with Crippen molar-refractivity contribution in [2.24, 2.45) is 7.05 Å². The molecule has 2 aromatic heterocycles. The van der Waals surface area contributed by atoms with E-state index in [1.807, 2.05) is 13.0 Å². The van der Waals surface area contributed by atoms with Crippen molar-refractivity contribution in [3.63, 3.8) is 0 Å². The fourth-order valence-electron chi connectivity index (χ4n) is 4.53. The highest BCUT2D eigenvalue weighted by Gasteiger charge is 2.16. The fourth-order valence-corrected chi connectivity index (χ4v) is 4.53. The number of aryl methyl sites for hydroxylation is 2. The second kappa shape index (κ2) is 8.48. The maximum atomic E-state index is 12.2. The Balaban J connectivity index is 1.66. The number of likely N-dealkylation sites (tertiary alicyclic amines) is 1. The molecule has 158 valence electrons. The van der Waals surface area contributed by atoms with Gasteiger partial charge in [-0.3, -0.25) is 4.79 Å². The lowest BCUT2D eigenvalue weighted by atomic mass is 10.0. The normalized spacial score (nSPS) is 15.0. The molecule has 0 amide bonds. The Morgan fingerprint density at radius 1 is 1.13 bits per heavy atom. The lowest BCUT2D eigenvalue weighted by molar-refractivity contribution is 0.0695. The van der Waals surface area contributed by atoms with Gasteiger partial charge in [0, 0.05) is 36.6 Å². The molecule has 0 bridgehead atoms. The van der Waals surface area contributed by atoms with Crippen molar-refractivity contribution in [3.8, 4) is 11.3 Å². The SMILES string of the molecule is CCc1cc(C(=O)O)c(=O)[nH]c1-c1ccc2c(c1)cc(CCN1CCCCC1)n2C. The number of hydrogen-bond donors (Lipinski definition) is 2. The van der Waals surface area contributed by atoms with Gasteiger partial charge in [-0.2, -0.15) is 0 Å². The minimum atomic E-state index is -1.20. The monoisotopic (exact) mass is 407 g/mol. The molecule has 2 N–H and O–H groups in total. The van der Waals surface area contributed by atoms with Crippen molar-refractivity contribution >= 4 is 16.9 Å². The van der Waals surface area contributed by atoms with E-state index in [9.17, 15) is 14.7 Å². The number of nitrogens with zero attached hydrogens (tertiary/aromatic N) is 2. The third kappa shape index (κ3) is 3.92. The van der Waals surface area contributed by atoms with E-state index in [4.69, 9.17) is 0 Å². The van der Waals surface area contributed by atoms with Gasteiger partial charge < -0.3 is 19.6 Å². The lowest BCUT2D eigenvalue weighted by Crippen LogP contribution is -2.31. The molecule has 0 radical (unpaired) electrons.